The lowest BCUT2D eigenvalue weighted by molar-refractivity contribution is -0.137. The standard InChI is InChI=1S/C12H11N3O4S/c1-19-11(16)8-20(17,18)12-14-7-5-10(15-12)9-4-2-3-6-13-9/h2-7H,8H2,1H3. The maximum absolute atomic E-state index is 11.9. The van der Waals surface area contributed by atoms with Crippen molar-refractivity contribution in [3.63, 3.8) is 0 Å². The van der Waals surface area contributed by atoms with Crippen molar-refractivity contribution in [1.29, 1.82) is 0 Å². The molecular weight excluding hydrogens is 282 g/mol. The number of esters is 1. The molecule has 20 heavy (non-hydrogen) atoms. The molecule has 0 spiro atoms. The molecule has 0 unspecified atom stereocenters. The van der Waals surface area contributed by atoms with Gasteiger partial charge in [0.15, 0.2) is 5.75 Å². The average Bonchev–Trinajstić information content (AvgIpc) is 2.48. The number of ether oxygens (including phenoxy) is 1. The Hall–Kier alpha value is -2.35. The molecule has 0 N–H and O–H groups in total. The van der Waals surface area contributed by atoms with E-state index >= 15 is 0 Å². The number of nitrogens with zero attached hydrogens (tertiary/aromatic N) is 3. The number of methoxy groups -OCH3 is 1. The van der Waals surface area contributed by atoms with Gasteiger partial charge in [-0.2, -0.15) is 0 Å². The van der Waals surface area contributed by atoms with Crippen LogP contribution in [0.1, 0.15) is 0 Å². The van der Waals surface area contributed by atoms with Crippen LogP contribution in [-0.2, 0) is 19.4 Å². The van der Waals surface area contributed by atoms with E-state index in [4.69, 9.17) is 0 Å². The summed E-state index contributed by atoms with van der Waals surface area (Å²) in [6.07, 6.45) is 2.88. The number of carbonyl (C=O) groups is 1. The first-order valence-electron chi connectivity index (χ1n) is 5.57. The van der Waals surface area contributed by atoms with Crippen LogP contribution >= 0.6 is 0 Å². The fourth-order valence-corrected chi connectivity index (χ4v) is 2.44. The van der Waals surface area contributed by atoms with Gasteiger partial charge < -0.3 is 4.74 Å². The van der Waals surface area contributed by atoms with E-state index in [0.29, 0.717) is 11.4 Å². The minimum atomic E-state index is -3.93. The monoisotopic (exact) mass is 293 g/mol. The highest BCUT2D eigenvalue weighted by atomic mass is 32.2. The zero-order valence-electron chi connectivity index (χ0n) is 10.6. The largest absolute Gasteiger partial charge is 0.468 e. The molecule has 0 aliphatic carbocycles. The Balaban J connectivity index is 2.38. The van der Waals surface area contributed by atoms with Gasteiger partial charge in [0.2, 0.25) is 15.0 Å². The number of aromatic nitrogens is 3. The quantitative estimate of drug-likeness (QED) is 0.597. The van der Waals surface area contributed by atoms with E-state index in [1.54, 1.807) is 30.5 Å². The summed E-state index contributed by atoms with van der Waals surface area (Å²) in [4.78, 5) is 22.8. The number of hydrogen-bond donors (Lipinski definition) is 0. The Morgan fingerprint density at radius 3 is 2.60 bits per heavy atom. The summed E-state index contributed by atoms with van der Waals surface area (Å²) in [6.45, 7) is 0. The summed E-state index contributed by atoms with van der Waals surface area (Å²) in [5.74, 6) is -1.66. The van der Waals surface area contributed by atoms with Gasteiger partial charge in [-0.05, 0) is 18.2 Å². The van der Waals surface area contributed by atoms with Gasteiger partial charge in [0, 0.05) is 12.4 Å². The second-order valence-corrected chi connectivity index (χ2v) is 5.66. The number of hydrogen-bond acceptors (Lipinski definition) is 7. The molecule has 0 saturated carbocycles. The van der Waals surface area contributed by atoms with E-state index in [9.17, 15) is 13.2 Å². The first-order chi connectivity index (χ1) is 9.53. The smallest absolute Gasteiger partial charge is 0.321 e. The molecule has 2 rings (SSSR count). The van der Waals surface area contributed by atoms with E-state index in [0.717, 1.165) is 7.11 Å². The van der Waals surface area contributed by atoms with Gasteiger partial charge in [0.05, 0.1) is 18.5 Å². The second-order valence-electron chi connectivity index (χ2n) is 3.77. The molecule has 2 aromatic rings. The van der Waals surface area contributed by atoms with Crippen molar-refractivity contribution >= 4 is 15.8 Å². The lowest BCUT2D eigenvalue weighted by atomic mass is 10.3. The summed E-state index contributed by atoms with van der Waals surface area (Å²) < 4.78 is 28.2. The third-order valence-electron chi connectivity index (χ3n) is 2.37. The minimum absolute atomic E-state index is 0.365. The number of rotatable bonds is 4. The zero-order chi connectivity index (χ0) is 14.6. The van der Waals surface area contributed by atoms with Gasteiger partial charge in [0.1, 0.15) is 0 Å². The molecule has 0 atom stereocenters. The van der Waals surface area contributed by atoms with Crippen LogP contribution < -0.4 is 0 Å². The lowest BCUT2D eigenvalue weighted by Crippen LogP contribution is -2.19. The van der Waals surface area contributed by atoms with Gasteiger partial charge >= 0.3 is 5.97 Å². The van der Waals surface area contributed by atoms with Crippen molar-refractivity contribution in [3.05, 3.63) is 36.7 Å². The van der Waals surface area contributed by atoms with Crippen molar-refractivity contribution in [1.82, 2.24) is 15.0 Å². The van der Waals surface area contributed by atoms with Crippen LogP contribution in [0.2, 0.25) is 0 Å². The fourth-order valence-electron chi connectivity index (χ4n) is 1.43. The van der Waals surface area contributed by atoms with Gasteiger partial charge in [-0.25, -0.2) is 18.4 Å². The second kappa shape index (κ2) is 5.74. The molecule has 0 bridgehead atoms. The molecule has 0 aromatic carbocycles. The van der Waals surface area contributed by atoms with Crippen LogP contribution in [0.25, 0.3) is 11.4 Å². The van der Waals surface area contributed by atoms with Crippen molar-refractivity contribution < 1.29 is 17.9 Å². The summed E-state index contributed by atoms with van der Waals surface area (Å²) in [6, 6.07) is 6.73. The van der Waals surface area contributed by atoms with Gasteiger partial charge in [-0.3, -0.25) is 9.78 Å². The van der Waals surface area contributed by atoms with E-state index in [1.807, 2.05) is 0 Å². The summed E-state index contributed by atoms with van der Waals surface area (Å²) in [5, 5.41) is -0.425. The van der Waals surface area contributed by atoms with E-state index in [-0.39, 0.29) is 0 Å². The molecule has 2 aromatic heterocycles. The predicted octanol–water partition coefficient (Wildman–Crippen LogP) is 0.485. The molecule has 2 heterocycles. The Kier molecular flexibility index (Phi) is 4.04. The van der Waals surface area contributed by atoms with Crippen LogP contribution in [-0.4, -0.2) is 42.2 Å². The maximum Gasteiger partial charge on any atom is 0.321 e. The normalized spacial score (nSPS) is 11.1. The fraction of sp³-hybridized carbons (Fsp3) is 0.167. The first kappa shape index (κ1) is 14.1. The Morgan fingerprint density at radius 2 is 1.95 bits per heavy atom. The van der Waals surface area contributed by atoms with Crippen LogP contribution in [0.4, 0.5) is 0 Å². The molecule has 0 fully saturated rings. The van der Waals surface area contributed by atoms with Gasteiger partial charge in [0.25, 0.3) is 0 Å². The molecule has 8 heteroatoms. The van der Waals surface area contributed by atoms with Gasteiger partial charge in [-0.15, -0.1) is 0 Å². The third-order valence-corrected chi connectivity index (χ3v) is 3.74. The molecule has 0 radical (unpaired) electrons. The maximum atomic E-state index is 11.9. The molecule has 0 saturated heterocycles. The summed E-state index contributed by atoms with van der Waals surface area (Å²) in [7, 11) is -2.81. The van der Waals surface area contributed by atoms with Crippen LogP contribution in [0.15, 0.2) is 41.8 Å². The number of pyridine rings is 1. The molecule has 0 aliphatic rings. The molecule has 0 amide bonds. The molecular formula is C12H11N3O4S. The number of sulfone groups is 1. The lowest BCUT2D eigenvalue weighted by Gasteiger charge is -2.04. The van der Waals surface area contributed by atoms with Crippen molar-refractivity contribution in [2.75, 3.05) is 12.9 Å². The molecule has 7 nitrogen and oxygen atoms in total. The number of carbonyl (C=O) groups excluding carboxylic acids is 1. The Bertz CT molecular complexity index is 716. The zero-order valence-corrected chi connectivity index (χ0v) is 11.4. The Labute approximate surface area is 115 Å². The highest BCUT2D eigenvalue weighted by Crippen LogP contribution is 2.15. The van der Waals surface area contributed by atoms with E-state index in [2.05, 4.69) is 19.7 Å². The topological polar surface area (TPSA) is 99.1 Å². The van der Waals surface area contributed by atoms with Crippen molar-refractivity contribution in [2.45, 2.75) is 5.16 Å². The average molecular weight is 293 g/mol. The molecule has 104 valence electrons. The van der Waals surface area contributed by atoms with E-state index < -0.39 is 26.7 Å². The molecule has 0 aliphatic heterocycles. The van der Waals surface area contributed by atoms with Crippen molar-refractivity contribution in [3.8, 4) is 11.4 Å². The minimum Gasteiger partial charge on any atom is -0.468 e. The highest BCUT2D eigenvalue weighted by Gasteiger charge is 2.23. The Morgan fingerprint density at radius 1 is 1.15 bits per heavy atom. The highest BCUT2D eigenvalue weighted by molar-refractivity contribution is 7.91. The van der Waals surface area contributed by atoms with Crippen molar-refractivity contribution in [2.24, 2.45) is 0 Å². The SMILES string of the molecule is COC(=O)CS(=O)(=O)c1nccc(-c2ccccn2)n1. The predicted molar refractivity (Wildman–Crippen MR) is 69.3 cm³/mol. The van der Waals surface area contributed by atoms with Gasteiger partial charge in [-0.1, -0.05) is 6.07 Å². The van der Waals surface area contributed by atoms with Crippen LogP contribution in [0.5, 0.6) is 0 Å². The van der Waals surface area contributed by atoms with E-state index in [1.165, 1.54) is 6.20 Å². The third kappa shape index (κ3) is 3.15. The van der Waals surface area contributed by atoms with Crippen LogP contribution in [0, 0.1) is 0 Å². The summed E-state index contributed by atoms with van der Waals surface area (Å²) >= 11 is 0. The summed E-state index contributed by atoms with van der Waals surface area (Å²) in [5.41, 5.74) is 0.883. The van der Waals surface area contributed by atoms with Crippen LogP contribution in [0.3, 0.4) is 0 Å². The first-order valence-corrected chi connectivity index (χ1v) is 7.22.